The Balaban J connectivity index is 1.77. The molecule has 0 saturated carbocycles. The summed E-state index contributed by atoms with van der Waals surface area (Å²) in [6, 6.07) is 15.1. The molecule has 0 aliphatic heterocycles. The average molecular weight is 605 g/mol. The molecular formula is C32H32N2O10. The first kappa shape index (κ1) is 32.9. The van der Waals surface area contributed by atoms with Crippen LogP contribution in [0.25, 0.3) is 0 Å². The minimum Gasteiger partial charge on any atom is -0.465 e. The van der Waals surface area contributed by atoms with Gasteiger partial charge in [-0.05, 0) is 81.4 Å². The summed E-state index contributed by atoms with van der Waals surface area (Å²) in [5.74, 6) is -2.59. The second-order valence-electron chi connectivity index (χ2n) is 10.0. The third kappa shape index (κ3) is 8.92. The predicted molar refractivity (Wildman–Crippen MR) is 160 cm³/mol. The topological polar surface area (TPSA) is 156 Å². The van der Waals surface area contributed by atoms with Crippen LogP contribution in [0.5, 0.6) is 11.5 Å². The quantitative estimate of drug-likeness (QED) is 0.160. The molecule has 3 aromatic rings. The highest BCUT2D eigenvalue weighted by Crippen LogP contribution is 2.26. The van der Waals surface area contributed by atoms with E-state index in [0.29, 0.717) is 22.9 Å². The lowest BCUT2D eigenvalue weighted by atomic mass is 9.97. The number of amides is 2. The van der Waals surface area contributed by atoms with E-state index in [1.165, 1.54) is 6.08 Å². The first-order valence-corrected chi connectivity index (χ1v) is 13.2. The first-order chi connectivity index (χ1) is 20.8. The fraction of sp³-hybridized carbons (Fsp3) is 0.219. The Morgan fingerprint density at radius 1 is 0.705 bits per heavy atom. The zero-order valence-corrected chi connectivity index (χ0v) is 24.8. The summed E-state index contributed by atoms with van der Waals surface area (Å²) in [6.45, 7) is 8.62. The van der Waals surface area contributed by atoms with E-state index < -0.39 is 35.5 Å². The third-order valence-corrected chi connectivity index (χ3v) is 5.61. The summed E-state index contributed by atoms with van der Waals surface area (Å²) in [5, 5.41) is 5.28. The molecule has 44 heavy (non-hydrogen) atoms. The van der Waals surface area contributed by atoms with Gasteiger partial charge >= 0.3 is 24.0 Å². The van der Waals surface area contributed by atoms with E-state index in [2.05, 4.69) is 17.2 Å². The van der Waals surface area contributed by atoms with E-state index in [-0.39, 0.29) is 28.9 Å². The number of carbonyl (C=O) groups excluding carboxylic acids is 5. The van der Waals surface area contributed by atoms with Crippen LogP contribution in [0.3, 0.4) is 0 Å². The van der Waals surface area contributed by atoms with E-state index in [4.69, 9.17) is 23.7 Å². The Bertz CT molecular complexity index is 1560. The zero-order valence-electron chi connectivity index (χ0n) is 24.8. The van der Waals surface area contributed by atoms with Crippen molar-refractivity contribution in [3.8, 4) is 11.5 Å². The van der Waals surface area contributed by atoms with Crippen LogP contribution in [0.15, 0.2) is 73.3 Å². The third-order valence-electron chi connectivity index (χ3n) is 5.61. The number of anilines is 2. The van der Waals surface area contributed by atoms with E-state index in [9.17, 15) is 24.0 Å². The fourth-order valence-electron chi connectivity index (χ4n) is 3.70. The molecule has 0 fully saturated rings. The molecule has 0 aromatic heterocycles. The number of rotatable bonds is 10. The Kier molecular flexibility index (Phi) is 10.8. The average Bonchev–Trinajstić information content (AvgIpc) is 2.99. The van der Waals surface area contributed by atoms with Crippen molar-refractivity contribution in [2.75, 3.05) is 31.5 Å². The number of hydrogen-bond acceptors (Lipinski definition) is 10. The van der Waals surface area contributed by atoms with Crippen molar-refractivity contribution >= 4 is 41.3 Å². The number of nitrogens with one attached hydrogen (secondary N) is 2. The van der Waals surface area contributed by atoms with Crippen molar-refractivity contribution in [2.24, 2.45) is 0 Å². The van der Waals surface area contributed by atoms with Crippen LogP contribution in [0, 0.1) is 0 Å². The van der Waals surface area contributed by atoms with Gasteiger partial charge in [-0.15, -0.1) is 0 Å². The number of esters is 3. The molecule has 230 valence electrons. The van der Waals surface area contributed by atoms with E-state index in [1.54, 1.807) is 69.3 Å². The number of benzene rings is 3. The van der Waals surface area contributed by atoms with Crippen LogP contribution >= 0.6 is 0 Å². The molecule has 0 heterocycles. The maximum absolute atomic E-state index is 13.3. The standard InChI is InChI=1S/C32H32N2O10/c1-7-16-42-30(38)26-18-24(28(36)40-5)23(17-25(26)29(37)41-6)27(35)33-19-8-12-21(13-9-19)43-22-14-10-20(11-15-22)34-31(39)44-32(2,3)4/h7-15,17-18H,1,16H2,2-6H3,(H,33,35)(H,34,39). The van der Waals surface area contributed by atoms with E-state index >= 15 is 0 Å². The molecule has 0 radical (unpaired) electrons. The van der Waals surface area contributed by atoms with Gasteiger partial charge in [-0.2, -0.15) is 0 Å². The Morgan fingerprint density at radius 2 is 1.16 bits per heavy atom. The van der Waals surface area contributed by atoms with Crippen molar-refractivity contribution in [1.29, 1.82) is 0 Å². The normalized spacial score (nSPS) is 10.6. The Labute approximate surface area is 253 Å². The van der Waals surface area contributed by atoms with Gasteiger partial charge in [-0.3, -0.25) is 10.1 Å². The van der Waals surface area contributed by atoms with Gasteiger partial charge in [-0.25, -0.2) is 19.2 Å². The molecule has 0 aliphatic rings. The number of carbonyl (C=O) groups is 5. The van der Waals surface area contributed by atoms with Gasteiger partial charge in [-0.1, -0.05) is 12.7 Å². The highest BCUT2D eigenvalue weighted by atomic mass is 16.6. The summed E-state index contributed by atoms with van der Waals surface area (Å²) >= 11 is 0. The minimum atomic E-state index is -0.924. The zero-order chi connectivity index (χ0) is 32.4. The highest BCUT2D eigenvalue weighted by Gasteiger charge is 2.27. The van der Waals surface area contributed by atoms with Gasteiger partial charge in [0.05, 0.1) is 36.5 Å². The molecule has 2 N–H and O–H groups in total. The van der Waals surface area contributed by atoms with Crippen LogP contribution in [0.4, 0.5) is 16.2 Å². The molecule has 2 amide bonds. The second-order valence-corrected chi connectivity index (χ2v) is 10.0. The summed E-state index contributed by atoms with van der Waals surface area (Å²) in [7, 11) is 2.21. The van der Waals surface area contributed by atoms with Crippen molar-refractivity contribution in [1.82, 2.24) is 0 Å². The molecule has 0 saturated heterocycles. The van der Waals surface area contributed by atoms with Gasteiger partial charge < -0.3 is 29.0 Å². The molecule has 0 aliphatic carbocycles. The molecule has 3 aromatic carbocycles. The van der Waals surface area contributed by atoms with Crippen LogP contribution in [0.2, 0.25) is 0 Å². The largest absolute Gasteiger partial charge is 0.465 e. The smallest absolute Gasteiger partial charge is 0.412 e. The molecule has 0 unspecified atom stereocenters. The lowest BCUT2D eigenvalue weighted by Gasteiger charge is -2.19. The van der Waals surface area contributed by atoms with Crippen molar-refractivity contribution in [3.63, 3.8) is 0 Å². The molecule has 0 atom stereocenters. The highest BCUT2D eigenvalue weighted by molar-refractivity contribution is 6.14. The molecule has 0 spiro atoms. The summed E-state index contributed by atoms with van der Waals surface area (Å²) in [6.07, 6.45) is 0.753. The number of hydrogen-bond donors (Lipinski definition) is 2. The Morgan fingerprint density at radius 3 is 1.64 bits per heavy atom. The minimum absolute atomic E-state index is 0.147. The van der Waals surface area contributed by atoms with Crippen molar-refractivity contribution in [3.05, 3.63) is 95.6 Å². The number of ether oxygens (including phenoxy) is 5. The van der Waals surface area contributed by atoms with Crippen LogP contribution in [-0.4, -0.2) is 56.3 Å². The van der Waals surface area contributed by atoms with Crippen molar-refractivity contribution < 1.29 is 47.7 Å². The molecular weight excluding hydrogens is 572 g/mol. The summed E-state index contributed by atoms with van der Waals surface area (Å²) in [4.78, 5) is 62.8. The van der Waals surface area contributed by atoms with Gasteiger partial charge in [0.2, 0.25) is 0 Å². The fourth-order valence-corrected chi connectivity index (χ4v) is 3.70. The van der Waals surface area contributed by atoms with E-state index in [0.717, 1.165) is 26.4 Å². The van der Waals surface area contributed by atoms with Crippen LogP contribution < -0.4 is 15.4 Å². The van der Waals surface area contributed by atoms with Crippen LogP contribution in [0.1, 0.15) is 62.2 Å². The predicted octanol–water partition coefficient (Wildman–Crippen LogP) is 5.99. The lowest BCUT2D eigenvalue weighted by Crippen LogP contribution is -2.27. The molecule has 0 bridgehead atoms. The summed E-state index contributed by atoms with van der Waals surface area (Å²) in [5.41, 5.74) is -0.843. The molecule has 12 nitrogen and oxygen atoms in total. The monoisotopic (exact) mass is 604 g/mol. The van der Waals surface area contributed by atoms with Crippen LogP contribution in [-0.2, 0) is 18.9 Å². The lowest BCUT2D eigenvalue weighted by molar-refractivity contribution is 0.0521. The van der Waals surface area contributed by atoms with Gasteiger partial charge in [0.1, 0.15) is 23.7 Å². The van der Waals surface area contributed by atoms with Gasteiger partial charge in [0.15, 0.2) is 0 Å². The summed E-state index contributed by atoms with van der Waals surface area (Å²) < 4.78 is 25.6. The molecule has 12 heteroatoms. The Hall–Kier alpha value is -5.65. The molecule has 3 rings (SSSR count). The number of methoxy groups -OCH3 is 2. The van der Waals surface area contributed by atoms with Gasteiger partial charge in [0.25, 0.3) is 5.91 Å². The second kappa shape index (κ2) is 14.5. The maximum atomic E-state index is 13.3. The SMILES string of the molecule is C=CCOC(=O)c1cc(C(=O)OC)c(C(=O)Nc2ccc(Oc3ccc(NC(=O)OC(C)(C)C)cc3)cc2)cc1C(=O)OC. The first-order valence-electron chi connectivity index (χ1n) is 13.2. The van der Waals surface area contributed by atoms with E-state index in [1.807, 2.05) is 0 Å². The van der Waals surface area contributed by atoms with Gasteiger partial charge in [0, 0.05) is 11.4 Å². The maximum Gasteiger partial charge on any atom is 0.412 e. The van der Waals surface area contributed by atoms with Crippen molar-refractivity contribution in [2.45, 2.75) is 26.4 Å².